The van der Waals surface area contributed by atoms with E-state index in [-0.39, 0.29) is 13.1 Å². The lowest BCUT2D eigenvalue weighted by atomic mass is 10.2. The first-order valence-electron chi connectivity index (χ1n) is 7.69. The standard InChI is InChI=1S/C15H24N4O5/c1-9-10(8-23-17-9)16-13(21)18(5)11-6-19(7-12(11)20)14(22)24-15(2,3)4/h8,11-12,20H,6-7H2,1-5H3,(H,16,21)/t11-,12-/m1/s1. The van der Waals surface area contributed by atoms with Gasteiger partial charge in [0, 0.05) is 13.6 Å². The number of carbonyl (C=O) groups is 2. The summed E-state index contributed by atoms with van der Waals surface area (Å²) in [5.41, 5.74) is 0.400. The molecule has 0 bridgehead atoms. The number of hydrogen-bond donors (Lipinski definition) is 2. The van der Waals surface area contributed by atoms with E-state index in [1.165, 1.54) is 16.1 Å². The molecule has 9 nitrogen and oxygen atoms in total. The number of nitrogens with zero attached hydrogens (tertiary/aromatic N) is 3. The summed E-state index contributed by atoms with van der Waals surface area (Å²) in [6, 6.07) is -0.950. The van der Waals surface area contributed by atoms with Crippen molar-refractivity contribution < 1.29 is 24.0 Å². The number of likely N-dealkylation sites (N-methyl/N-ethyl adjacent to an activating group) is 1. The summed E-state index contributed by atoms with van der Waals surface area (Å²) < 4.78 is 10.1. The van der Waals surface area contributed by atoms with Crippen molar-refractivity contribution in [2.45, 2.75) is 45.4 Å². The molecule has 0 aliphatic carbocycles. The molecule has 2 N–H and O–H groups in total. The Kier molecular flexibility index (Phi) is 5.02. The molecule has 24 heavy (non-hydrogen) atoms. The molecule has 0 radical (unpaired) electrons. The summed E-state index contributed by atoms with van der Waals surface area (Å²) in [6.07, 6.45) is -0.0244. The van der Waals surface area contributed by atoms with Gasteiger partial charge in [-0.1, -0.05) is 5.16 Å². The molecule has 0 aromatic carbocycles. The second-order valence-corrected chi connectivity index (χ2v) is 6.87. The number of β-amino-alcohol motifs (C(OH)–C–C–N with tert-alkyl or cyclic N) is 1. The molecule has 134 valence electrons. The summed E-state index contributed by atoms with van der Waals surface area (Å²) in [6.45, 7) is 7.33. The zero-order valence-electron chi connectivity index (χ0n) is 14.6. The van der Waals surface area contributed by atoms with Crippen LogP contribution in [-0.2, 0) is 4.74 Å². The van der Waals surface area contributed by atoms with Crippen LogP contribution in [0.2, 0.25) is 0 Å². The summed E-state index contributed by atoms with van der Waals surface area (Å²) in [7, 11) is 1.56. The van der Waals surface area contributed by atoms with Crippen LogP contribution in [0.1, 0.15) is 26.5 Å². The Labute approximate surface area is 140 Å². The second kappa shape index (κ2) is 6.68. The molecule has 0 unspecified atom stereocenters. The number of carbonyl (C=O) groups excluding carboxylic acids is 2. The third-order valence-electron chi connectivity index (χ3n) is 3.72. The fourth-order valence-corrected chi connectivity index (χ4v) is 2.39. The van der Waals surface area contributed by atoms with E-state index < -0.39 is 29.9 Å². The summed E-state index contributed by atoms with van der Waals surface area (Å²) in [5.74, 6) is 0. The first-order valence-corrected chi connectivity index (χ1v) is 7.69. The Morgan fingerprint density at radius 2 is 2.12 bits per heavy atom. The number of aliphatic hydroxyl groups excluding tert-OH is 1. The van der Waals surface area contributed by atoms with Crippen LogP contribution in [0.25, 0.3) is 0 Å². The molecule has 0 saturated carbocycles. The summed E-state index contributed by atoms with van der Waals surface area (Å²) in [4.78, 5) is 27.2. The van der Waals surface area contributed by atoms with Gasteiger partial charge >= 0.3 is 12.1 Å². The molecular weight excluding hydrogens is 316 g/mol. The van der Waals surface area contributed by atoms with E-state index in [9.17, 15) is 14.7 Å². The van der Waals surface area contributed by atoms with Gasteiger partial charge in [0.05, 0.1) is 18.7 Å². The smallest absolute Gasteiger partial charge is 0.410 e. The molecule has 2 heterocycles. The zero-order valence-corrected chi connectivity index (χ0v) is 14.6. The number of ether oxygens (including phenoxy) is 1. The number of aromatic nitrogens is 1. The van der Waals surface area contributed by atoms with Gasteiger partial charge < -0.3 is 29.5 Å². The van der Waals surface area contributed by atoms with Crippen LogP contribution in [0.5, 0.6) is 0 Å². The Hall–Kier alpha value is -2.29. The predicted molar refractivity (Wildman–Crippen MR) is 85.6 cm³/mol. The van der Waals surface area contributed by atoms with Crippen LogP contribution in [-0.4, -0.2) is 70.1 Å². The number of amides is 3. The van der Waals surface area contributed by atoms with Gasteiger partial charge in [0.25, 0.3) is 0 Å². The van der Waals surface area contributed by atoms with Gasteiger partial charge in [-0.2, -0.15) is 0 Å². The van der Waals surface area contributed by atoms with Crippen molar-refractivity contribution >= 4 is 17.8 Å². The lowest BCUT2D eigenvalue weighted by Crippen LogP contribution is -2.46. The van der Waals surface area contributed by atoms with Crippen molar-refractivity contribution in [1.82, 2.24) is 15.0 Å². The van der Waals surface area contributed by atoms with Gasteiger partial charge in [-0.3, -0.25) is 0 Å². The minimum atomic E-state index is -0.850. The van der Waals surface area contributed by atoms with Crippen molar-refractivity contribution in [3.05, 3.63) is 12.0 Å². The molecule has 1 aliphatic rings. The Balaban J connectivity index is 1.97. The van der Waals surface area contributed by atoms with E-state index in [0.717, 1.165) is 0 Å². The SMILES string of the molecule is Cc1nocc1NC(=O)N(C)[C@@H]1CN(C(=O)OC(C)(C)C)C[C@H]1O. The fourth-order valence-electron chi connectivity index (χ4n) is 2.39. The van der Waals surface area contributed by atoms with Crippen molar-refractivity contribution in [3.8, 4) is 0 Å². The van der Waals surface area contributed by atoms with Crippen LogP contribution >= 0.6 is 0 Å². The third-order valence-corrected chi connectivity index (χ3v) is 3.72. The number of nitrogens with one attached hydrogen (secondary N) is 1. The molecule has 1 aromatic heterocycles. The van der Waals surface area contributed by atoms with Crippen molar-refractivity contribution in [3.63, 3.8) is 0 Å². The first kappa shape index (κ1) is 18.1. The molecule has 1 saturated heterocycles. The fraction of sp³-hybridized carbons (Fsp3) is 0.667. The normalized spacial score (nSPS) is 20.8. The lowest BCUT2D eigenvalue weighted by Gasteiger charge is -2.27. The molecule has 3 amide bonds. The average Bonchev–Trinajstić information content (AvgIpc) is 3.03. The summed E-state index contributed by atoms with van der Waals surface area (Å²) in [5, 5.41) is 16.5. The highest BCUT2D eigenvalue weighted by atomic mass is 16.6. The van der Waals surface area contributed by atoms with E-state index in [1.807, 2.05) is 0 Å². The molecule has 1 aromatic rings. The monoisotopic (exact) mass is 340 g/mol. The minimum Gasteiger partial charge on any atom is -0.444 e. The number of urea groups is 1. The zero-order chi connectivity index (χ0) is 18.1. The van der Waals surface area contributed by atoms with Crippen LogP contribution in [0.15, 0.2) is 10.8 Å². The number of aryl methyl sites for hydroxylation is 1. The van der Waals surface area contributed by atoms with E-state index in [1.54, 1.807) is 34.7 Å². The van der Waals surface area contributed by atoms with Crippen LogP contribution in [0.3, 0.4) is 0 Å². The van der Waals surface area contributed by atoms with Crippen molar-refractivity contribution in [1.29, 1.82) is 0 Å². The maximum Gasteiger partial charge on any atom is 0.410 e. The van der Waals surface area contributed by atoms with E-state index in [2.05, 4.69) is 10.5 Å². The molecule has 0 spiro atoms. The van der Waals surface area contributed by atoms with E-state index in [4.69, 9.17) is 9.26 Å². The second-order valence-electron chi connectivity index (χ2n) is 6.87. The number of hydrogen-bond acceptors (Lipinski definition) is 6. The quantitative estimate of drug-likeness (QED) is 0.843. The maximum atomic E-state index is 12.3. The average molecular weight is 340 g/mol. The summed E-state index contributed by atoms with van der Waals surface area (Å²) >= 11 is 0. The highest BCUT2D eigenvalue weighted by Crippen LogP contribution is 2.20. The van der Waals surface area contributed by atoms with Gasteiger partial charge in [-0.25, -0.2) is 9.59 Å². The largest absolute Gasteiger partial charge is 0.444 e. The van der Waals surface area contributed by atoms with Gasteiger partial charge in [-0.05, 0) is 27.7 Å². The topological polar surface area (TPSA) is 108 Å². The Morgan fingerprint density at radius 3 is 2.67 bits per heavy atom. The molecule has 9 heteroatoms. The van der Waals surface area contributed by atoms with Crippen LogP contribution in [0.4, 0.5) is 15.3 Å². The third kappa shape index (κ3) is 4.16. The van der Waals surface area contributed by atoms with Gasteiger partial charge in [0.2, 0.25) is 0 Å². The van der Waals surface area contributed by atoms with E-state index in [0.29, 0.717) is 11.4 Å². The molecule has 2 rings (SSSR count). The van der Waals surface area contributed by atoms with Crippen LogP contribution in [0, 0.1) is 6.92 Å². The number of rotatable bonds is 2. The first-order chi connectivity index (χ1) is 11.1. The maximum absolute atomic E-state index is 12.3. The van der Waals surface area contributed by atoms with Gasteiger partial charge in [-0.15, -0.1) is 0 Å². The molecular formula is C15H24N4O5. The Morgan fingerprint density at radius 1 is 1.46 bits per heavy atom. The molecule has 1 aliphatic heterocycles. The van der Waals surface area contributed by atoms with Gasteiger partial charge in [0.15, 0.2) is 0 Å². The van der Waals surface area contributed by atoms with Crippen molar-refractivity contribution in [2.24, 2.45) is 0 Å². The lowest BCUT2D eigenvalue weighted by molar-refractivity contribution is 0.0269. The molecule has 2 atom stereocenters. The van der Waals surface area contributed by atoms with Crippen molar-refractivity contribution in [2.75, 3.05) is 25.5 Å². The number of likely N-dealkylation sites (tertiary alicyclic amines) is 1. The van der Waals surface area contributed by atoms with Gasteiger partial charge in [0.1, 0.15) is 23.2 Å². The number of aliphatic hydroxyl groups is 1. The van der Waals surface area contributed by atoms with Crippen LogP contribution < -0.4 is 5.32 Å². The van der Waals surface area contributed by atoms with E-state index >= 15 is 0 Å². The highest BCUT2D eigenvalue weighted by molar-refractivity contribution is 5.89. The highest BCUT2D eigenvalue weighted by Gasteiger charge is 2.39. The molecule has 1 fully saturated rings. The minimum absolute atomic E-state index is 0.115. The predicted octanol–water partition coefficient (Wildman–Crippen LogP) is 1.43. The Bertz CT molecular complexity index is 609. The number of anilines is 1.